The molecule has 0 fully saturated rings. The van der Waals surface area contributed by atoms with E-state index >= 15 is 0 Å². The van der Waals surface area contributed by atoms with Gasteiger partial charge in [0.1, 0.15) is 5.58 Å². The maximum Gasteiger partial charge on any atom is 0.215 e. The van der Waals surface area contributed by atoms with Gasteiger partial charge in [-0.15, -0.1) is 0 Å². The number of nitrogens with zero attached hydrogens (tertiary/aromatic N) is 1. The largest absolute Gasteiger partial charge is 0.463 e. The van der Waals surface area contributed by atoms with Crippen molar-refractivity contribution in [3.05, 3.63) is 30.0 Å². The molecule has 17 heavy (non-hydrogen) atoms. The van der Waals surface area contributed by atoms with Gasteiger partial charge >= 0.3 is 0 Å². The first-order valence-corrected chi connectivity index (χ1v) is 4.89. The lowest BCUT2D eigenvalue weighted by Gasteiger charge is -2.03. The third-order valence-corrected chi connectivity index (χ3v) is 2.21. The van der Waals surface area contributed by atoms with Crippen LogP contribution in [-0.2, 0) is 4.74 Å². The Morgan fingerprint density at radius 3 is 2.94 bits per heavy atom. The van der Waals surface area contributed by atoms with E-state index in [-0.39, 0.29) is 18.4 Å². The number of para-hydroxylation sites is 1. The number of methoxy groups -OCH3 is 1. The normalized spacial score (nSPS) is 11.9. The lowest BCUT2D eigenvalue weighted by Crippen LogP contribution is -2.14. The van der Waals surface area contributed by atoms with E-state index in [1.54, 1.807) is 6.07 Å². The third kappa shape index (κ3) is 2.02. The number of rotatable bonds is 4. The van der Waals surface area contributed by atoms with Crippen LogP contribution in [-0.4, -0.2) is 24.9 Å². The van der Waals surface area contributed by atoms with Crippen LogP contribution in [0, 0.1) is 0 Å². The Hall–Kier alpha value is -2.21. The van der Waals surface area contributed by atoms with E-state index in [4.69, 9.17) is 24.8 Å². The smallest absolute Gasteiger partial charge is 0.215 e. The second-order valence-corrected chi connectivity index (χ2v) is 3.29. The Morgan fingerprint density at radius 2 is 2.24 bits per heavy atom. The average Bonchev–Trinajstić information content (AvgIpc) is 2.74. The van der Waals surface area contributed by atoms with Crippen LogP contribution in [0.3, 0.4) is 0 Å². The highest BCUT2D eigenvalue weighted by Gasteiger charge is 2.18. The summed E-state index contributed by atoms with van der Waals surface area (Å²) in [5.41, 5.74) is 6.11. The molecule has 0 amide bonds. The second-order valence-electron chi connectivity index (χ2n) is 3.29. The van der Waals surface area contributed by atoms with Gasteiger partial charge in [0.15, 0.2) is 12.5 Å². The fourth-order valence-corrected chi connectivity index (χ4v) is 1.50. The molecule has 0 bridgehead atoms. The predicted octanol–water partition coefficient (Wildman–Crippen LogP) is 1.51. The van der Waals surface area contributed by atoms with Gasteiger partial charge in [0, 0.05) is 7.11 Å². The SMILES string of the molecule is COCOc1c(/C(N)=N/O)oc2ccccc12. The van der Waals surface area contributed by atoms with Crippen molar-refractivity contribution in [1.82, 2.24) is 0 Å². The van der Waals surface area contributed by atoms with Gasteiger partial charge in [0.25, 0.3) is 0 Å². The van der Waals surface area contributed by atoms with Crippen LogP contribution in [0.15, 0.2) is 33.8 Å². The molecule has 0 aliphatic carbocycles. The van der Waals surface area contributed by atoms with Crippen molar-refractivity contribution in [2.24, 2.45) is 10.9 Å². The molecule has 2 rings (SSSR count). The molecule has 1 aromatic carbocycles. The quantitative estimate of drug-likeness (QED) is 0.276. The molecule has 0 unspecified atom stereocenters. The maximum absolute atomic E-state index is 8.68. The number of hydrogen-bond donors (Lipinski definition) is 2. The standard InChI is InChI=1S/C11H12N2O4/c1-15-6-16-9-7-4-2-3-5-8(7)17-10(9)11(12)13-14/h2-5,14H,6H2,1H3,(H2,12,13). The number of ether oxygens (including phenoxy) is 2. The first-order valence-electron chi connectivity index (χ1n) is 4.89. The Balaban J connectivity index is 2.56. The summed E-state index contributed by atoms with van der Waals surface area (Å²) in [4.78, 5) is 0. The van der Waals surface area contributed by atoms with Crippen molar-refractivity contribution < 1.29 is 19.1 Å². The fraction of sp³-hybridized carbons (Fsp3) is 0.182. The van der Waals surface area contributed by atoms with Crippen LogP contribution in [0.1, 0.15) is 5.76 Å². The van der Waals surface area contributed by atoms with Crippen LogP contribution in [0.5, 0.6) is 5.75 Å². The number of hydrogen-bond acceptors (Lipinski definition) is 5. The van der Waals surface area contributed by atoms with Crippen molar-refractivity contribution in [3.63, 3.8) is 0 Å². The molecule has 3 N–H and O–H groups in total. The molecule has 6 nitrogen and oxygen atoms in total. The summed E-state index contributed by atoms with van der Waals surface area (Å²) in [6.45, 7) is 0.0508. The van der Waals surface area contributed by atoms with Crippen LogP contribution in [0.2, 0.25) is 0 Å². The molecule has 1 heterocycles. The molecular weight excluding hydrogens is 224 g/mol. The monoisotopic (exact) mass is 236 g/mol. The Labute approximate surface area is 97.2 Å². The lowest BCUT2D eigenvalue weighted by molar-refractivity contribution is 0.0513. The minimum Gasteiger partial charge on any atom is -0.463 e. The average molecular weight is 236 g/mol. The summed E-state index contributed by atoms with van der Waals surface area (Å²) in [6.07, 6.45) is 0. The van der Waals surface area contributed by atoms with Crippen molar-refractivity contribution in [2.75, 3.05) is 13.9 Å². The van der Waals surface area contributed by atoms with E-state index in [9.17, 15) is 0 Å². The summed E-state index contributed by atoms with van der Waals surface area (Å²) in [5.74, 6) is 0.441. The summed E-state index contributed by atoms with van der Waals surface area (Å²) >= 11 is 0. The topological polar surface area (TPSA) is 90.2 Å². The first-order chi connectivity index (χ1) is 8.27. The van der Waals surface area contributed by atoms with E-state index in [1.807, 2.05) is 18.2 Å². The van der Waals surface area contributed by atoms with Gasteiger partial charge < -0.3 is 24.8 Å². The van der Waals surface area contributed by atoms with Crippen molar-refractivity contribution in [3.8, 4) is 5.75 Å². The van der Waals surface area contributed by atoms with Crippen molar-refractivity contribution >= 4 is 16.8 Å². The molecule has 0 saturated carbocycles. The van der Waals surface area contributed by atoms with Gasteiger partial charge in [0.05, 0.1) is 5.39 Å². The highest BCUT2D eigenvalue weighted by molar-refractivity contribution is 6.03. The van der Waals surface area contributed by atoms with Gasteiger partial charge in [-0.25, -0.2) is 0 Å². The molecule has 90 valence electrons. The zero-order valence-corrected chi connectivity index (χ0v) is 9.21. The van der Waals surface area contributed by atoms with Gasteiger partial charge in [-0.3, -0.25) is 0 Å². The van der Waals surface area contributed by atoms with Crippen molar-refractivity contribution in [1.29, 1.82) is 0 Å². The number of benzene rings is 1. The van der Waals surface area contributed by atoms with Gasteiger partial charge in [-0.2, -0.15) is 0 Å². The molecule has 0 radical (unpaired) electrons. The van der Waals surface area contributed by atoms with Crippen LogP contribution >= 0.6 is 0 Å². The minimum atomic E-state index is -0.146. The number of nitrogens with two attached hydrogens (primary N) is 1. The van der Waals surface area contributed by atoms with Crippen LogP contribution < -0.4 is 10.5 Å². The summed E-state index contributed by atoms with van der Waals surface area (Å²) in [7, 11) is 1.51. The van der Waals surface area contributed by atoms with Crippen LogP contribution in [0.4, 0.5) is 0 Å². The summed E-state index contributed by atoms with van der Waals surface area (Å²) in [6, 6.07) is 7.25. The summed E-state index contributed by atoms with van der Waals surface area (Å²) in [5, 5.41) is 12.3. The molecular formula is C11H12N2O4. The van der Waals surface area contributed by atoms with Gasteiger partial charge in [-0.1, -0.05) is 17.3 Å². The van der Waals surface area contributed by atoms with Crippen LogP contribution in [0.25, 0.3) is 11.0 Å². The lowest BCUT2D eigenvalue weighted by atomic mass is 10.2. The number of fused-ring (bicyclic) bond motifs is 1. The van der Waals surface area contributed by atoms with E-state index in [2.05, 4.69) is 5.16 Å². The zero-order chi connectivity index (χ0) is 12.3. The molecule has 1 aromatic heterocycles. The van der Waals surface area contributed by atoms with Crippen molar-refractivity contribution in [2.45, 2.75) is 0 Å². The van der Waals surface area contributed by atoms with Gasteiger partial charge in [0.2, 0.25) is 11.6 Å². The number of amidine groups is 1. The number of oxime groups is 1. The minimum absolute atomic E-state index is 0.0508. The Bertz CT molecular complexity index is 547. The van der Waals surface area contributed by atoms with E-state index in [0.717, 1.165) is 5.39 Å². The predicted molar refractivity (Wildman–Crippen MR) is 61.2 cm³/mol. The highest BCUT2D eigenvalue weighted by Crippen LogP contribution is 2.32. The summed E-state index contributed by atoms with van der Waals surface area (Å²) < 4.78 is 15.7. The van der Waals surface area contributed by atoms with E-state index < -0.39 is 0 Å². The Morgan fingerprint density at radius 1 is 1.47 bits per heavy atom. The molecule has 6 heteroatoms. The maximum atomic E-state index is 8.68. The number of furan rings is 1. The molecule has 0 spiro atoms. The molecule has 0 aliphatic rings. The molecule has 2 aromatic rings. The molecule has 0 aliphatic heterocycles. The second kappa shape index (κ2) is 4.75. The zero-order valence-electron chi connectivity index (χ0n) is 9.21. The van der Waals surface area contributed by atoms with E-state index in [0.29, 0.717) is 11.3 Å². The molecule has 0 saturated heterocycles. The highest BCUT2D eigenvalue weighted by atomic mass is 16.7. The first kappa shape index (κ1) is 11.3. The Kier molecular flexibility index (Phi) is 3.15. The van der Waals surface area contributed by atoms with Gasteiger partial charge in [-0.05, 0) is 12.1 Å². The fourth-order valence-electron chi connectivity index (χ4n) is 1.50. The molecule has 0 atom stereocenters. The third-order valence-electron chi connectivity index (χ3n) is 2.21. The van der Waals surface area contributed by atoms with E-state index in [1.165, 1.54) is 7.11 Å².